The van der Waals surface area contributed by atoms with E-state index in [1.54, 1.807) is 5.57 Å². The summed E-state index contributed by atoms with van der Waals surface area (Å²) in [6.45, 7) is 9.69. The van der Waals surface area contributed by atoms with Crippen LogP contribution in [0.2, 0.25) is 0 Å². The molecule has 1 nitrogen and oxygen atoms in total. The van der Waals surface area contributed by atoms with Crippen LogP contribution in [0.4, 0.5) is 11.4 Å². The topological polar surface area (TPSA) is 3.24 Å². The van der Waals surface area contributed by atoms with Crippen LogP contribution in [0.15, 0.2) is 169 Å². The molecule has 6 aliphatic carbocycles. The Labute approximate surface area is 331 Å². The molecule has 6 aliphatic rings. The van der Waals surface area contributed by atoms with E-state index in [9.17, 15) is 0 Å². The molecule has 0 radical (unpaired) electrons. The number of hydrogen-bond acceptors (Lipinski definition) is 1. The Kier molecular flexibility index (Phi) is 6.41. The van der Waals surface area contributed by atoms with Gasteiger partial charge in [0, 0.05) is 22.2 Å². The van der Waals surface area contributed by atoms with Gasteiger partial charge < -0.3 is 4.90 Å². The number of hydrogen-bond donors (Lipinski definition) is 0. The summed E-state index contributed by atoms with van der Waals surface area (Å²) in [6, 6.07) is 51.4. The van der Waals surface area contributed by atoms with E-state index in [0.29, 0.717) is 0 Å². The average Bonchev–Trinajstić information content (AvgIpc) is 3.86. The van der Waals surface area contributed by atoms with Crippen molar-refractivity contribution in [1.82, 2.24) is 0 Å². The fraction of sp³-hybridized carbons (Fsp3) is 0.200. The zero-order valence-electron chi connectivity index (χ0n) is 32.7. The molecule has 56 heavy (non-hydrogen) atoms. The van der Waals surface area contributed by atoms with E-state index in [2.05, 4.69) is 190 Å². The molecular weight excluding hydrogens is 675 g/mol. The predicted octanol–water partition coefficient (Wildman–Crippen LogP) is 13.6. The largest absolute Gasteiger partial charge is 0.334 e. The van der Waals surface area contributed by atoms with Gasteiger partial charge in [-0.05, 0) is 127 Å². The van der Waals surface area contributed by atoms with Crippen LogP contribution in [0.1, 0.15) is 91.5 Å². The van der Waals surface area contributed by atoms with E-state index < -0.39 is 0 Å². The Hall–Kier alpha value is -5.92. The molecule has 0 bridgehead atoms. The Bertz CT molecular complexity index is 2800. The Morgan fingerprint density at radius 3 is 1.68 bits per heavy atom. The second-order valence-electron chi connectivity index (χ2n) is 17.9. The molecule has 6 aromatic carbocycles. The van der Waals surface area contributed by atoms with E-state index in [1.165, 1.54) is 94.9 Å². The first-order valence-corrected chi connectivity index (χ1v) is 20.6. The molecule has 1 spiro atoms. The normalized spacial score (nSPS) is 20.2. The summed E-state index contributed by atoms with van der Waals surface area (Å²) in [5.41, 5.74) is 24.8. The fourth-order valence-electron chi connectivity index (χ4n) is 12.0. The van der Waals surface area contributed by atoms with Gasteiger partial charge in [0.2, 0.25) is 0 Å². The van der Waals surface area contributed by atoms with Crippen molar-refractivity contribution in [2.24, 2.45) is 0 Å². The van der Waals surface area contributed by atoms with Crippen LogP contribution in [0.25, 0.3) is 33.4 Å². The smallest absolute Gasteiger partial charge is 0.0722 e. The highest BCUT2D eigenvalue weighted by molar-refractivity contribution is 5.97. The Morgan fingerprint density at radius 2 is 1.02 bits per heavy atom. The number of benzene rings is 6. The third kappa shape index (κ3) is 3.96. The predicted molar refractivity (Wildman–Crippen MR) is 234 cm³/mol. The summed E-state index contributed by atoms with van der Waals surface area (Å²) < 4.78 is 0. The van der Waals surface area contributed by atoms with Crippen LogP contribution < -0.4 is 4.90 Å². The maximum Gasteiger partial charge on any atom is 0.0722 e. The molecule has 0 N–H and O–H groups in total. The molecule has 0 fully saturated rings. The van der Waals surface area contributed by atoms with Crippen molar-refractivity contribution in [3.05, 3.63) is 213 Å². The second-order valence-corrected chi connectivity index (χ2v) is 17.9. The highest BCUT2D eigenvalue weighted by Crippen LogP contribution is 2.64. The van der Waals surface area contributed by atoms with Crippen molar-refractivity contribution < 1.29 is 0 Å². The van der Waals surface area contributed by atoms with Crippen LogP contribution in [-0.2, 0) is 16.2 Å². The molecule has 6 aromatic rings. The van der Waals surface area contributed by atoms with Gasteiger partial charge in [0.1, 0.15) is 0 Å². The molecule has 1 unspecified atom stereocenters. The van der Waals surface area contributed by atoms with Crippen LogP contribution >= 0.6 is 0 Å². The van der Waals surface area contributed by atoms with Crippen LogP contribution in [0.5, 0.6) is 0 Å². The van der Waals surface area contributed by atoms with E-state index in [0.717, 1.165) is 19.3 Å². The Morgan fingerprint density at radius 1 is 0.500 bits per heavy atom. The van der Waals surface area contributed by atoms with E-state index in [1.807, 2.05) is 0 Å². The molecule has 0 aromatic heterocycles. The molecule has 0 heterocycles. The van der Waals surface area contributed by atoms with Gasteiger partial charge in [-0.3, -0.25) is 0 Å². The molecule has 12 rings (SSSR count). The third-order valence-electron chi connectivity index (χ3n) is 14.6. The summed E-state index contributed by atoms with van der Waals surface area (Å²) in [5.74, 6) is 0. The van der Waals surface area contributed by atoms with Crippen LogP contribution in [-0.4, -0.2) is 6.04 Å². The van der Waals surface area contributed by atoms with Gasteiger partial charge in [-0.25, -0.2) is 0 Å². The lowest BCUT2D eigenvalue weighted by Gasteiger charge is -2.37. The zero-order valence-corrected chi connectivity index (χ0v) is 32.7. The van der Waals surface area contributed by atoms with Gasteiger partial charge in [0.25, 0.3) is 0 Å². The van der Waals surface area contributed by atoms with Crippen molar-refractivity contribution in [2.45, 2.75) is 69.2 Å². The molecule has 0 saturated heterocycles. The van der Waals surface area contributed by atoms with Gasteiger partial charge in [-0.15, -0.1) is 0 Å². The van der Waals surface area contributed by atoms with Crippen LogP contribution in [0, 0.1) is 0 Å². The first-order valence-electron chi connectivity index (χ1n) is 20.6. The van der Waals surface area contributed by atoms with Crippen molar-refractivity contribution >= 4 is 22.5 Å². The molecule has 0 saturated carbocycles. The molecule has 1 heteroatoms. The summed E-state index contributed by atoms with van der Waals surface area (Å²) in [6.07, 6.45) is 13.0. The number of allylic oxidation sites excluding steroid dienone is 6. The number of fused-ring (bicyclic) bond motifs is 14. The van der Waals surface area contributed by atoms with E-state index in [4.69, 9.17) is 0 Å². The highest BCUT2D eigenvalue weighted by Gasteiger charge is 2.53. The van der Waals surface area contributed by atoms with E-state index in [-0.39, 0.29) is 22.3 Å². The number of anilines is 2. The molecule has 270 valence electrons. The maximum atomic E-state index is 2.67. The molecular formula is C55H45N. The summed E-state index contributed by atoms with van der Waals surface area (Å²) in [4.78, 5) is 2.67. The maximum absolute atomic E-state index is 2.67. The van der Waals surface area contributed by atoms with Crippen molar-refractivity contribution in [1.29, 1.82) is 0 Å². The number of rotatable bonds is 3. The monoisotopic (exact) mass is 719 g/mol. The van der Waals surface area contributed by atoms with Crippen molar-refractivity contribution in [2.75, 3.05) is 4.90 Å². The van der Waals surface area contributed by atoms with E-state index >= 15 is 0 Å². The average molecular weight is 720 g/mol. The lowest BCUT2D eigenvalue weighted by atomic mass is 9.69. The first-order chi connectivity index (χ1) is 27.3. The minimum atomic E-state index is -0.315. The van der Waals surface area contributed by atoms with Gasteiger partial charge in [-0.2, -0.15) is 0 Å². The lowest BCUT2D eigenvalue weighted by molar-refractivity contribution is 0.607. The first kappa shape index (κ1) is 32.3. The Balaban J connectivity index is 1.04. The van der Waals surface area contributed by atoms with Gasteiger partial charge >= 0.3 is 0 Å². The minimum Gasteiger partial charge on any atom is -0.334 e. The molecule has 1 atom stereocenters. The lowest BCUT2D eigenvalue weighted by Crippen LogP contribution is -2.33. The summed E-state index contributed by atoms with van der Waals surface area (Å²) >= 11 is 0. The quantitative estimate of drug-likeness (QED) is 0.176. The van der Waals surface area contributed by atoms with Crippen LogP contribution in [0.3, 0.4) is 0 Å². The molecule has 0 amide bonds. The van der Waals surface area contributed by atoms with Gasteiger partial charge in [0.15, 0.2) is 0 Å². The standard InChI is InChI=1S/C55H45N/c1-53(2)45-20-10-5-15-37(45)42-28-25-35(32-51(42)53)56(36-26-29-43-38-16-6-11-21-46(38)54(3,4)52(43)33-36)34-27-30-50-44(31-34)41-19-9-14-24-49(41)55(50)47-22-12-7-17-39(47)40-18-8-13-23-48(40)55/h5-10,12-20,22-30,32-34H,11,21,31H2,1-4H3. The fourth-order valence-corrected chi connectivity index (χ4v) is 12.0. The van der Waals surface area contributed by atoms with Gasteiger partial charge in [0.05, 0.1) is 11.5 Å². The third-order valence-corrected chi connectivity index (χ3v) is 14.6. The zero-order chi connectivity index (χ0) is 37.6. The summed E-state index contributed by atoms with van der Waals surface area (Å²) in [5, 5.41) is 0. The highest BCUT2D eigenvalue weighted by atomic mass is 15.2. The molecule has 0 aliphatic heterocycles. The van der Waals surface area contributed by atoms with Gasteiger partial charge in [-0.1, -0.05) is 167 Å². The summed E-state index contributed by atoms with van der Waals surface area (Å²) in [7, 11) is 0. The second kappa shape index (κ2) is 11.1. The minimum absolute atomic E-state index is 0.00317. The number of nitrogens with zero attached hydrogens (tertiary/aromatic N) is 1. The SMILES string of the molecule is CC1(C)C2=C(C=CCC2)c2ccc(N(c3ccc4c(c3)C(C)(C)c3ccccc3-4)C3C=CC4=C(C3)c3ccccc3C43c4ccccc4-c4ccccc43)cc21. The van der Waals surface area contributed by atoms with Crippen molar-refractivity contribution in [3.8, 4) is 22.3 Å². The van der Waals surface area contributed by atoms with Crippen molar-refractivity contribution in [3.63, 3.8) is 0 Å².